The first-order valence-corrected chi connectivity index (χ1v) is 9.35. The number of pyridine rings is 1. The van der Waals surface area contributed by atoms with E-state index in [2.05, 4.69) is 4.98 Å². The maximum atomic E-state index is 13.9. The first-order chi connectivity index (χ1) is 13.6. The molecule has 1 aromatic heterocycles. The number of amides is 1. The zero-order chi connectivity index (χ0) is 19.5. The Morgan fingerprint density at radius 2 is 1.82 bits per heavy atom. The normalized spacial score (nSPS) is 23.9. The van der Waals surface area contributed by atoms with Crippen LogP contribution >= 0.6 is 0 Å². The van der Waals surface area contributed by atoms with E-state index in [1.54, 1.807) is 11.0 Å². The molecule has 2 fully saturated rings. The second-order valence-corrected chi connectivity index (χ2v) is 7.17. The molecule has 1 aromatic carbocycles. The number of hydrogen-bond donors (Lipinski definition) is 0. The van der Waals surface area contributed by atoms with Gasteiger partial charge in [0.1, 0.15) is 6.61 Å². The second kappa shape index (κ2) is 8.06. The zero-order valence-corrected chi connectivity index (χ0v) is 15.3. The quantitative estimate of drug-likeness (QED) is 0.598. The third kappa shape index (κ3) is 3.75. The summed E-state index contributed by atoms with van der Waals surface area (Å²) in [6.07, 6.45) is 1.76. The van der Waals surface area contributed by atoms with Gasteiger partial charge in [-0.15, -0.1) is 0 Å². The van der Waals surface area contributed by atoms with E-state index in [0.717, 1.165) is 5.56 Å². The van der Waals surface area contributed by atoms with Gasteiger partial charge in [0.15, 0.2) is 5.78 Å². The summed E-state index contributed by atoms with van der Waals surface area (Å²) in [5, 5.41) is 0. The Kier molecular flexibility index (Phi) is 5.34. The number of ether oxygens (including phenoxy) is 2. The second-order valence-electron chi connectivity index (χ2n) is 7.17. The molecule has 2 atom stereocenters. The average molecular weight is 384 g/mol. The molecule has 6 nitrogen and oxygen atoms in total. The SMILES string of the molecule is O=C(c1cccnc1F)C1CC2COCC(C1)N2C(=O)OCc1ccccc1. The average Bonchev–Trinajstić information content (AvgIpc) is 2.71. The highest BCUT2D eigenvalue weighted by Gasteiger charge is 2.44. The number of fused-ring (bicyclic) bond motifs is 2. The van der Waals surface area contributed by atoms with E-state index in [4.69, 9.17) is 9.47 Å². The molecule has 0 radical (unpaired) electrons. The summed E-state index contributed by atoms with van der Waals surface area (Å²) >= 11 is 0. The first kappa shape index (κ1) is 18.6. The molecule has 1 amide bonds. The molecule has 4 rings (SSSR count). The van der Waals surface area contributed by atoms with Gasteiger partial charge in [0.2, 0.25) is 5.95 Å². The number of halogens is 1. The van der Waals surface area contributed by atoms with Crippen molar-refractivity contribution in [2.24, 2.45) is 5.92 Å². The molecule has 3 heterocycles. The number of benzene rings is 1. The fourth-order valence-corrected chi connectivity index (χ4v) is 4.01. The van der Waals surface area contributed by atoms with Crippen LogP contribution in [0.2, 0.25) is 0 Å². The van der Waals surface area contributed by atoms with Gasteiger partial charge in [-0.3, -0.25) is 9.69 Å². The highest BCUT2D eigenvalue weighted by Crippen LogP contribution is 2.34. The predicted octanol–water partition coefficient (Wildman–Crippen LogP) is 3.22. The summed E-state index contributed by atoms with van der Waals surface area (Å²) in [5.74, 6) is -1.38. The van der Waals surface area contributed by atoms with Crippen molar-refractivity contribution in [3.8, 4) is 0 Å². The maximum Gasteiger partial charge on any atom is 0.410 e. The van der Waals surface area contributed by atoms with Gasteiger partial charge in [-0.05, 0) is 30.5 Å². The summed E-state index contributed by atoms with van der Waals surface area (Å²) in [6, 6.07) is 12.0. The molecule has 28 heavy (non-hydrogen) atoms. The molecule has 2 aliphatic heterocycles. The third-order valence-electron chi connectivity index (χ3n) is 5.33. The number of Topliss-reactive ketones (excluding diaryl/α,β-unsaturated/α-hetero) is 1. The topological polar surface area (TPSA) is 68.7 Å². The van der Waals surface area contributed by atoms with Gasteiger partial charge in [0.25, 0.3) is 0 Å². The van der Waals surface area contributed by atoms with Crippen molar-refractivity contribution in [2.45, 2.75) is 31.5 Å². The largest absolute Gasteiger partial charge is 0.445 e. The van der Waals surface area contributed by atoms with Gasteiger partial charge in [0, 0.05) is 12.1 Å². The lowest BCUT2D eigenvalue weighted by Gasteiger charge is -2.47. The summed E-state index contributed by atoms with van der Waals surface area (Å²) in [4.78, 5) is 30.7. The molecule has 0 N–H and O–H groups in total. The number of carbonyl (C=O) groups is 2. The number of morpholine rings is 1. The van der Waals surface area contributed by atoms with Crippen LogP contribution in [0.15, 0.2) is 48.7 Å². The molecule has 2 unspecified atom stereocenters. The molecule has 2 saturated heterocycles. The summed E-state index contributed by atoms with van der Waals surface area (Å²) in [5.41, 5.74) is 0.918. The van der Waals surface area contributed by atoms with E-state index < -0.39 is 12.0 Å². The molecule has 146 valence electrons. The Morgan fingerprint density at radius 1 is 1.11 bits per heavy atom. The van der Waals surface area contributed by atoms with Crippen LogP contribution in [0, 0.1) is 11.9 Å². The van der Waals surface area contributed by atoms with Gasteiger partial charge in [0.05, 0.1) is 30.9 Å². The van der Waals surface area contributed by atoms with E-state index in [0.29, 0.717) is 26.1 Å². The predicted molar refractivity (Wildman–Crippen MR) is 98.1 cm³/mol. The number of aromatic nitrogens is 1. The van der Waals surface area contributed by atoms with E-state index >= 15 is 0 Å². The molecule has 0 aliphatic carbocycles. The van der Waals surface area contributed by atoms with E-state index in [1.807, 2.05) is 30.3 Å². The standard InChI is InChI=1S/C21H21FN2O4/c22-20-18(7-4-8-23-20)19(25)15-9-16-12-27-13-17(10-15)24(16)21(26)28-11-14-5-2-1-3-6-14/h1-8,15-17H,9-13H2. The number of nitrogens with zero attached hydrogens (tertiary/aromatic N) is 2. The Bertz CT molecular complexity index is 846. The highest BCUT2D eigenvalue weighted by atomic mass is 19.1. The van der Waals surface area contributed by atoms with Crippen LogP contribution in [0.4, 0.5) is 9.18 Å². The fourth-order valence-electron chi connectivity index (χ4n) is 4.01. The minimum atomic E-state index is -0.751. The van der Waals surface area contributed by atoms with Crippen molar-refractivity contribution in [1.29, 1.82) is 0 Å². The zero-order valence-electron chi connectivity index (χ0n) is 15.3. The van der Waals surface area contributed by atoms with Crippen LogP contribution in [0.3, 0.4) is 0 Å². The van der Waals surface area contributed by atoms with Gasteiger partial charge in [-0.25, -0.2) is 9.78 Å². The van der Waals surface area contributed by atoms with Gasteiger partial charge in [-0.2, -0.15) is 4.39 Å². The lowest BCUT2D eigenvalue weighted by Crippen LogP contribution is -2.60. The molecule has 2 aromatic rings. The molecule has 2 bridgehead atoms. The molecule has 2 aliphatic rings. The van der Waals surface area contributed by atoms with Crippen LogP contribution < -0.4 is 0 Å². The van der Waals surface area contributed by atoms with E-state index in [-0.39, 0.29) is 36.0 Å². The first-order valence-electron chi connectivity index (χ1n) is 9.35. The van der Waals surface area contributed by atoms with Crippen molar-refractivity contribution in [3.05, 3.63) is 65.7 Å². The molecular weight excluding hydrogens is 363 g/mol. The van der Waals surface area contributed by atoms with E-state index in [1.165, 1.54) is 12.3 Å². The number of hydrogen-bond acceptors (Lipinski definition) is 5. The van der Waals surface area contributed by atoms with Crippen LogP contribution in [0.5, 0.6) is 0 Å². The maximum absolute atomic E-state index is 13.9. The molecule has 0 spiro atoms. The van der Waals surface area contributed by atoms with Crippen LogP contribution in [0.25, 0.3) is 0 Å². The summed E-state index contributed by atoms with van der Waals surface area (Å²) < 4.78 is 25.0. The Hall–Kier alpha value is -2.80. The van der Waals surface area contributed by atoms with Crippen molar-refractivity contribution in [2.75, 3.05) is 13.2 Å². The monoisotopic (exact) mass is 384 g/mol. The number of rotatable bonds is 4. The van der Waals surface area contributed by atoms with Gasteiger partial charge >= 0.3 is 6.09 Å². The van der Waals surface area contributed by atoms with Crippen LogP contribution in [-0.4, -0.2) is 47.1 Å². The smallest absolute Gasteiger partial charge is 0.410 e. The fraction of sp³-hybridized carbons (Fsp3) is 0.381. The Balaban J connectivity index is 1.44. The lowest BCUT2D eigenvalue weighted by molar-refractivity contribution is -0.0755. The Labute approximate surface area is 162 Å². The minimum absolute atomic E-state index is 0.00611. The lowest BCUT2D eigenvalue weighted by atomic mass is 9.81. The number of piperidine rings is 1. The van der Waals surface area contributed by atoms with Crippen molar-refractivity contribution < 1.29 is 23.5 Å². The van der Waals surface area contributed by atoms with Crippen LogP contribution in [-0.2, 0) is 16.1 Å². The summed E-state index contributed by atoms with van der Waals surface area (Å²) in [6.45, 7) is 0.881. The highest BCUT2D eigenvalue weighted by molar-refractivity contribution is 5.98. The van der Waals surface area contributed by atoms with Gasteiger partial charge < -0.3 is 9.47 Å². The van der Waals surface area contributed by atoms with Crippen molar-refractivity contribution in [1.82, 2.24) is 9.88 Å². The van der Waals surface area contributed by atoms with E-state index in [9.17, 15) is 14.0 Å². The number of ketones is 1. The summed E-state index contributed by atoms with van der Waals surface area (Å²) in [7, 11) is 0. The molecular formula is C21H21FN2O4. The Morgan fingerprint density at radius 3 is 2.50 bits per heavy atom. The molecule has 0 saturated carbocycles. The minimum Gasteiger partial charge on any atom is -0.445 e. The van der Waals surface area contributed by atoms with Crippen LogP contribution in [0.1, 0.15) is 28.8 Å². The van der Waals surface area contributed by atoms with Gasteiger partial charge in [-0.1, -0.05) is 30.3 Å². The third-order valence-corrected chi connectivity index (χ3v) is 5.33. The molecule has 7 heteroatoms. The van der Waals surface area contributed by atoms with Crippen molar-refractivity contribution in [3.63, 3.8) is 0 Å². The van der Waals surface area contributed by atoms with Crippen molar-refractivity contribution >= 4 is 11.9 Å². The number of carbonyl (C=O) groups excluding carboxylic acids is 2.